The summed E-state index contributed by atoms with van der Waals surface area (Å²) in [4.78, 5) is 0. The topological polar surface area (TPSA) is 18.5 Å². The lowest BCUT2D eigenvalue weighted by Gasteiger charge is -2.12. The zero-order valence-corrected chi connectivity index (χ0v) is 15.9. The fourth-order valence-electron chi connectivity index (χ4n) is 2.75. The second-order valence-corrected chi connectivity index (χ2v) is 7.13. The van der Waals surface area contributed by atoms with E-state index in [2.05, 4.69) is 52.0 Å². The van der Waals surface area contributed by atoms with Crippen molar-refractivity contribution in [2.75, 3.05) is 0 Å². The van der Waals surface area contributed by atoms with Crippen LogP contribution in [-0.2, 0) is 0 Å². The monoisotopic (exact) mass is 346 g/mol. The molecule has 0 radical (unpaired) electrons. The lowest BCUT2D eigenvalue weighted by molar-refractivity contribution is 0.459. The Kier molecular flexibility index (Phi) is 5.62. The summed E-state index contributed by atoms with van der Waals surface area (Å²) in [6, 6.07) is 24.2. The van der Waals surface area contributed by atoms with Crippen molar-refractivity contribution in [1.82, 2.24) is 0 Å². The van der Waals surface area contributed by atoms with Crippen LogP contribution in [0.15, 0.2) is 72.8 Å². The summed E-state index contributed by atoms with van der Waals surface area (Å²) in [5.41, 5.74) is 2.53. The van der Waals surface area contributed by atoms with Crippen LogP contribution in [-0.4, -0.2) is 0 Å². The maximum atomic E-state index is 6.03. The number of hydrogen-bond donors (Lipinski definition) is 0. The van der Waals surface area contributed by atoms with Gasteiger partial charge in [0.1, 0.15) is 23.0 Å². The van der Waals surface area contributed by atoms with Gasteiger partial charge in [-0.2, -0.15) is 0 Å². The summed E-state index contributed by atoms with van der Waals surface area (Å²) in [6.45, 7) is 8.72. The van der Waals surface area contributed by atoms with Gasteiger partial charge in [0, 0.05) is 6.07 Å². The average molecular weight is 346 g/mol. The van der Waals surface area contributed by atoms with E-state index in [0.29, 0.717) is 11.8 Å². The summed E-state index contributed by atoms with van der Waals surface area (Å²) in [7, 11) is 0. The van der Waals surface area contributed by atoms with Gasteiger partial charge >= 0.3 is 0 Å². The van der Waals surface area contributed by atoms with E-state index in [4.69, 9.17) is 9.47 Å². The highest BCUT2D eigenvalue weighted by atomic mass is 16.5. The van der Waals surface area contributed by atoms with E-state index in [9.17, 15) is 0 Å². The van der Waals surface area contributed by atoms with Crippen molar-refractivity contribution in [2.45, 2.75) is 39.5 Å². The maximum Gasteiger partial charge on any atom is 0.131 e. The fourth-order valence-corrected chi connectivity index (χ4v) is 2.75. The first-order valence-electron chi connectivity index (χ1n) is 9.17. The predicted molar refractivity (Wildman–Crippen MR) is 108 cm³/mol. The Labute approximate surface area is 156 Å². The molecule has 0 atom stereocenters. The molecule has 0 unspecified atom stereocenters. The molecule has 3 aromatic rings. The van der Waals surface area contributed by atoms with Crippen LogP contribution in [0, 0.1) is 0 Å². The highest BCUT2D eigenvalue weighted by Crippen LogP contribution is 2.30. The Balaban J connectivity index is 1.76. The van der Waals surface area contributed by atoms with Gasteiger partial charge in [0.2, 0.25) is 0 Å². The third-order valence-corrected chi connectivity index (χ3v) is 4.33. The molecule has 0 fully saturated rings. The zero-order valence-electron chi connectivity index (χ0n) is 15.9. The van der Waals surface area contributed by atoms with Gasteiger partial charge in [0.05, 0.1) is 0 Å². The average Bonchev–Trinajstić information content (AvgIpc) is 2.62. The van der Waals surface area contributed by atoms with E-state index < -0.39 is 0 Å². The Morgan fingerprint density at radius 2 is 0.846 bits per heavy atom. The Bertz CT molecular complexity index is 797. The molecule has 3 rings (SSSR count). The molecular formula is C24H26O2. The summed E-state index contributed by atoms with van der Waals surface area (Å²) >= 11 is 0. The van der Waals surface area contributed by atoms with Crippen LogP contribution in [0.2, 0.25) is 0 Å². The van der Waals surface area contributed by atoms with E-state index in [-0.39, 0.29) is 0 Å². The molecule has 0 saturated carbocycles. The van der Waals surface area contributed by atoms with E-state index in [0.717, 1.165) is 23.0 Å². The van der Waals surface area contributed by atoms with Gasteiger partial charge in [-0.3, -0.25) is 0 Å². The summed E-state index contributed by atoms with van der Waals surface area (Å²) in [5.74, 6) is 4.17. The normalized spacial score (nSPS) is 11.0. The summed E-state index contributed by atoms with van der Waals surface area (Å²) in [6.07, 6.45) is 0. The molecule has 0 saturated heterocycles. The second kappa shape index (κ2) is 8.09. The molecule has 0 N–H and O–H groups in total. The minimum absolute atomic E-state index is 0.474. The zero-order chi connectivity index (χ0) is 18.5. The van der Waals surface area contributed by atoms with E-state index >= 15 is 0 Å². The molecule has 2 nitrogen and oxygen atoms in total. The van der Waals surface area contributed by atoms with Crippen LogP contribution in [0.1, 0.15) is 50.7 Å². The van der Waals surface area contributed by atoms with Gasteiger partial charge in [-0.1, -0.05) is 58.0 Å². The maximum absolute atomic E-state index is 6.03. The fraction of sp³-hybridized carbons (Fsp3) is 0.250. The van der Waals surface area contributed by atoms with Gasteiger partial charge in [-0.25, -0.2) is 0 Å². The van der Waals surface area contributed by atoms with Gasteiger partial charge < -0.3 is 9.47 Å². The van der Waals surface area contributed by atoms with Crippen LogP contribution in [0.4, 0.5) is 0 Å². The highest BCUT2D eigenvalue weighted by molar-refractivity contribution is 5.41. The lowest BCUT2D eigenvalue weighted by Crippen LogP contribution is -1.91. The molecule has 0 aliphatic heterocycles. The second-order valence-electron chi connectivity index (χ2n) is 7.13. The third kappa shape index (κ3) is 4.66. The molecule has 0 spiro atoms. The molecule has 3 aromatic carbocycles. The Hall–Kier alpha value is -2.74. The molecule has 0 heterocycles. The largest absolute Gasteiger partial charge is 0.457 e. The Morgan fingerprint density at radius 1 is 0.500 bits per heavy atom. The SMILES string of the molecule is CC(C)c1cccc(Oc2cccc(Oc3cccc(C(C)C)c3)c2)c1. The Morgan fingerprint density at radius 3 is 1.23 bits per heavy atom. The quantitative estimate of drug-likeness (QED) is 0.459. The van der Waals surface area contributed by atoms with Crippen molar-refractivity contribution in [2.24, 2.45) is 0 Å². The third-order valence-electron chi connectivity index (χ3n) is 4.33. The number of benzene rings is 3. The molecule has 0 bridgehead atoms. The van der Waals surface area contributed by atoms with Gasteiger partial charge in [-0.05, 0) is 59.4 Å². The van der Waals surface area contributed by atoms with Gasteiger partial charge in [-0.15, -0.1) is 0 Å². The summed E-state index contributed by atoms with van der Waals surface area (Å²) in [5, 5.41) is 0. The minimum atomic E-state index is 0.474. The molecule has 0 aliphatic rings. The van der Waals surface area contributed by atoms with Crippen molar-refractivity contribution < 1.29 is 9.47 Å². The van der Waals surface area contributed by atoms with Gasteiger partial charge in [0.15, 0.2) is 0 Å². The van der Waals surface area contributed by atoms with Crippen molar-refractivity contribution in [1.29, 1.82) is 0 Å². The molecule has 2 heteroatoms. The molecule has 0 amide bonds. The number of ether oxygens (including phenoxy) is 2. The first-order chi connectivity index (χ1) is 12.5. The van der Waals surface area contributed by atoms with Gasteiger partial charge in [0.25, 0.3) is 0 Å². The molecule has 0 aliphatic carbocycles. The van der Waals surface area contributed by atoms with Crippen molar-refractivity contribution in [3.63, 3.8) is 0 Å². The van der Waals surface area contributed by atoms with E-state index in [1.54, 1.807) is 0 Å². The van der Waals surface area contributed by atoms with Crippen molar-refractivity contribution in [3.8, 4) is 23.0 Å². The first-order valence-corrected chi connectivity index (χ1v) is 9.17. The molecule has 26 heavy (non-hydrogen) atoms. The minimum Gasteiger partial charge on any atom is -0.457 e. The van der Waals surface area contributed by atoms with Crippen LogP contribution < -0.4 is 9.47 Å². The molecular weight excluding hydrogens is 320 g/mol. The van der Waals surface area contributed by atoms with Crippen LogP contribution >= 0.6 is 0 Å². The number of rotatable bonds is 6. The van der Waals surface area contributed by atoms with Crippen LogP contribution in [0.25, 0.3) is 0 Å². The lowest BCUT2D eigenvalue weighted by atomic mass is 10.0. The van der Waals surface area contributed by atoms with E-state index in [1.165, 1.54) is 11.1 Å². The predicted octanol–water partition coefficient (Wildman–Crippen LogP) is 7.52. The smallest absolute Gasteiger partial charge is 0.131 e. The van der Waals surface area contributed by atoms with Crippen molar-refractivity contribution in [3.05, 3.63) is 83.9 Å². The van der Waals surface area contributed by atoms with Crippen LogP contribution in [0.5, 0.6) is 23.0 Å². The standard InChI is InChI=1S/C24H26O2/c1-17(2)19-8-5-10-21(14-19)25-23-12-7-13-24(16-23)26-22-11-6-9-20(15-22)18(3)4/h5-18H,1-4H3. The highest BCUT2D eigenvalue weighted by Gasteiger charge is 2.05. The first kappa shape index (κ1) is 18.1. The number of hydrogen-bond acceptors (Lipinski definition) is 2. The van der Waals surface area contributed by atoms with Crippen molar-refractivity contribution >= 4 is 0 Å². The summed E-state index contributed by atoms with van der Waals surface area (Å²) < 4.78 is 12.1. The van der Waals surface area contributed by atoms with E-state index in [1.807, 2.05) is 48.5 Å². The van der Waals surface area contributed by atoms with Crippen LogP contribution in [0.3, 0.4) is 0 Å². The molecule has 0 aromatic heterocycles. The molecule has 134 valence electrons.